The number of rotatable bonds is 2. The zero-order chi connectivity index (χ0) is 16.0. The van der Waals surface area contributed by atoms with Gasteiger partial charge in [-0.15, -0.1) is 5.10 Å². The van der Waals surface area contributed by atoms with E-state index in [1.165, 1.54) is 16.3 Å². The summed E-state index contributed by atoms with van der Waals surface area (Å²) in [6.45, 7) is 1.97. The molecule has 4 rings (SSSR count). The normalized spacial score (nSPS) is 11.4. The number of benzene rings is 1. The Balaban J connectivity index is 1.88. The molecule has 0 spiro atoms. The van der Waals surface area contributed by atoms with Crippen molar-refractivity contribution in [2.45, 2.75) is 12.1 Å². The Labute approximate surface area is 136 Å². The summed E-state index contributed by atoms with van der Waals surface area (Å²) in [6, 6.07) is 9.94. The van der Waals surface area contributed by atoms with Crippen LogP contribution in [0.4, 0.5) is 5.95 Å². The van der Waals surface area contributed by atoms with E-state index >= 15 is 0 Å². The van der Waals surface area contributed by atoms with Gasteiger partial charge < -0.3 is 5.73 Å². The number of anilines is 1. The molecule has 0 bridgehead atoms. The Morgan fingerprint density at radius 1 is 1.04 bits per heavy atom. The van der Waals surface area contributed by atoms with Crippen LogP contribution in [0.1, 0.15) is 5.69 Å². The molecule has 1 aromatic carbocycles. The lowest BCUT2D eigenvalue weighted by Crippen LogP contribution is -2.04. The Hall–Kier alpha value is -2.74. The number of hydrogen-bond acceptors (Lipinski definition) is 7. The molecule has 0 amide bonds. The van der Waals surface area contributed by atoms with Gasteiger partial charge in [0.05, 0.1) is 5.52 Å². The molecule has 0 aliphatic carbocycles. The van der Waals surface area contributed by atoms with E-state index in [1.807, 2.05) is 43.5 Å². The van der Waals surface area contributed by atoms with Crippen LogP contribution in [0.3, 0.4) is 0 Å². The zero-order valence-corrected chi connectivity index (χ0v) is 13.4. The maximum atomic E-state index is 5.92. The van der Waals surface area contributed by atoms with E-state index in [9.17, 15) is 0 Å². The van der Waals surface area contributed by atoms with Gasteiger partial charge in [-0.3, -0.25) is 4.98 Å². The fourth-order valence-electron chi connectivity index (χ4n) is 2.37. The van der Waals surface area contributed by atoms with Crippen LogP contribution in [0.25, 0.3) is 28.1 Å². The molecule has 0 radical (unpaired) electrons. The fraction of sp³-hybridized carbons (Fsp3) is 0.133. The summed E-state index contributed by atoms with van der Waals surface area (Å²) in [5.41, 5.74) is 8.74. The van der Waals surface area contributed by atoms with E-state index in [-0.39, 0.29) is 5.95 Å². The Morgan fingerprint density at radius 3 is 2.74 bits per heavy atom. The van der Waals surface area contributed by atoms with Gasteiger partial charge in [-0.05, 0) is 37.4 Å². The lowest BCUT2D eigenvalue weighted by atomic mass is 10.1. The monoisotopic (exact) mass is 323 g/mol. The Kier molecular flexibility index (Phi) is 3.12. The fourth-order valence-corrected chi connectivity index (χ4v) is 2.72. The van der Waals surface area contributed by atoms with E-state index in [4.69, 9.17) is 5.73 Å². The molecule has 2 N–H and O–H groups in total. The summed E-state index contributed by atoms with van der Waals surface area (Å²) >= 11 is 1.41. The molecule has 0 aliphatic rings. The summed E-state index contributed by atoms with van der Waals surface area (Å²) in [5.74, 6) is 1.28. The number of hydrogen-bond donors (Lipinski definition) is 1. The van der Waals surface area contributed by atoms with Crippen LogP contribution in [0.15, 0.2) is 35.5 Å². The first kappa shape index (κ1) is 13.9. The molecule has 0 saturated carbocycles. The van der Waals surface area contributed by atoms with Crippen molar-refractivity contribution in [1.29, 1.82) is 0 Å². The van der Waals surface area contributed by atoms with Crippen molar-refractivity contribution < 1.29 is 0 Å². The molecule has 114 valence electrons. The second-order valence-corrected chi connectivity index (χ2v) is 5.85. The van der Waals surface area contributed by atoms with Gasteiger partial charge >= 0.3 is 0 Å². The number of fused-ring (bicyclic) bond motifs is 2. The maximum Gasteiger partial charge on any atom is 0.258 e. The van der Waals surface area contributed by atoms with Crippen molar-refractivity contribution in [3.63, 3.8) is 0 Å². The third-order valence-corrected chi connectivity index (χ3v) is 4.03. The first-order valence-electron chi connectivity index (χ1n) is 6.96. The van der Waals surface area contributed by atoms with Crippen LogP contribution in [-0.2, 0) is 0 Å². The molecule has 4 aromatic rings. The molecule has 0 fully saturated rings. The van der Waals surface area contributed by atoms with E-state index in [1.54, 1.807) is 0 Å². The average molecular weight is 323 g/mol. The summed E-state index contributed by atoms with van der Waals surface area (Å²) in [6.07, 6.45) is 1.89. The van der Waals surface area contributed by atoms with Crippen molar-refractivity contribution in [1.82, 2.24) is 29.5 Å². The maximum absolute atomic E-state index is 5.92. The summed E-state index contributed by atoms with van der Waals surface area (Å²) in [7, 11) is 0. The van der Waals surface area contributed by atoms with Crippen molar-refractivity contribution in [3.05, 3.63) is 36.0 Å². The lowest BCUT2D eigenvalue weighted by Gasteiger charge is -2.00. The van der Waals surface area contributed by atoms with Gasteiger partial charge in [-0.1, -0.05) is 17.8 Å². The average Bonchev–Trinajstić information content (AvgIpc) is 2.99. The van der Waals surface area contributed by atoms with Crippen molar-refractivity contribution in [2.24, 2.45) is 0 Å². The van der Waals surface area contributed by atoms with Crippen molar-refractivity contribution in [3.8, 4) is 11.4 Å². The Morgan fingerprint density at radius 2 is 1.91 bits per heavy atom. The highest BCUT2D eigenvalue weighted by molar-refractivity contribution is 7.98. The minimum absolute atomic E-state index is 0.274. The predicted octanol–water partition coefficient (Wildman–Crippen LogP) is 2.35. The molecule has 7 nitrogen and oxygen atoms in total. The molecule has 0 atom stereocenters. The third-order valence-electron chi connectivity index (χ3n) is 3.48. The van der Waals surface area contributed by atoms with Crippen LogP contribution < -0.4 is 5.73 Å². The zero-order valence-electron chi connectivity index (χ0n) is 12.6. The number of nitrogen functional groups attached to an aromatic ring is 1. The largest absolute Gasteiger partial charge is 0.368 e. The number of nitrogens with zero attached hydrogens (tertiary/aromatic N) is 6. The smallest absolute Gasteiger partial charge is 0.258 e. The molecule has 23 heavy (non-hydrogen) atoms. The van der Waals surface area contributed by atoms with Crippen LogP contribution in [0.5, 0.6) is 0 Å². The Bertz CT molecular complexity index is 1040. The summed E-state index contributed by atoms with van der Waals surface area (Å²) < 4.78 is 1.45. The quantitative estimate of drug-likeness (QED) is 0.566. The molecular weight excluding hydrogens is 310 g/mol. The second kappa shape index (κ2) is 5.17. The number of aromatic nitrogens is 6. The minimum atomic E-state index is 0.274. The highest BCUT2D eigenvalue weighted by Gasteiger charge is 2.12. The first-order valence-corrected chi connectivity index (χ1v) is 8.18. The molecule has 0 saturated heterocycles. The SMILES string of the molecule is CSc1nc(N)n2nc(-c3ccc4nc(C)ccc4c3)nc2n1. The second-order valence-electron chi connectivity index (χ2n) is 5.08. The lowest BCUT2D eigenvalue weighted by molar-refractivity contribution is 0.851. The number of thioether (sulfide) groups is 1. The topological polar surface area (TPSA) is 94.9 Å². The van der Waals surface area contributed by atoms with Crippen LogP contribution in [0, 0.1) is 6.92 Å². The van der Waals surface area contributed by atoms with E-state index < -0.39 is 0 Å². The first-order chi connectivity index (χ1) is 11.1. The van der Waals surface area contributed by atoms with Gasteiger partial charge in [0, 0.05) is 16.6 Å². The molecule has 8 heteroatoms. The standard InChI is InChI=1S/C15H13N7S/c1-8-3-4-9-7-10(5-6-11(9)17-8)12-18-14-20-15(23-2)19-13(16)22(14)21-12/h3-7H,1-2H3,(H2,16,18,19,20,21). The molecule has 0 unspecified atom stereocenters. The predicted molar refractivity (Wildman–Crippen MR) is 90.2 cm³/mol. The van der Waals surface area contributed by atoms with Gasteiger partial charge in [-0.2, -0.15) is 19.5 Å². The molecule has 3 aromatic heterocycles. The number of aryl methyl sites for hydroxylation is 1. The van der Waals surface area contributed by atoms with Crippen LogP contribution in [0.2, 0.25) is 0 Å². The molecule has 0 aliphatic heterocycles. The number of nitrogens with two attached hydrogens (primary N) is 1. The van der Waals surface area contributed by atoms with Gasteiger partial charge in [0.2, 0.25) is 5.95 Å². The minimum Gasteiger partial charge on any atom is -0.368 e. The molecule has 3 heterocycles. The van der Waals surface area contributed by atoms with Crippen LogP contribution in [-0.4, -0.2) is 35.8 Å². The van der Waals surface area contributed by atoms with Crippen molar-refractivity contribution >= 4 is 34.4 Å². The van der Waals surface area contributed by atoms with Gasteiger partial charge in [-0.25, -0.2) is 0 Å². The third kappa shape index (κ3) is 2.36. The summed E-state index contributed by atoms with van der Waals surface area (Å²) in [4.78, 5) is 17.5. The van der Waals surface area contributed by atoms with E-state index in [0.717, 1.165) is 22.2 Å². The number of pyridine rings is 1. The van der Waals surface area contributed by atoms with Gasteiger partial charge in [0.15, 0.2) is 11.0 Å². The highest BCUT2D eigenvalue weighted by atomic mass is 32.2. The summed E-state index contributed by atoms with van der Waals surface area (Å²) in [5, 5.41) is 6.02. The van der Waals surface area contributed by atoms with E-state index in [2.05, 4.69) is 25.0 Å². The molecular formula is C15H13N7S. The van der Waals surface area contributed by atoms with Crippen LogP contribution >= 0.6 is 11.8 Å². The van der Waals surface area contributed by atoms with Gasteiger partial charge in [0.1, 0.15) is 0 Å². The van der Waals surface area contributed by atoms with Crippen molar-refractivity contribution in [2.75, 3.05) is 12.0 Å². The van der Waals surface area contributed by atoms with Gasteiger partial charge in [0.25, 0.3) is 5.78 Å². The highest BCUT2D eigenvalue weighted by Crippen LogP contribution is 2.22. The van der Waals surface area contributed by atoms with E-state index in [0.29, 0.717) is 16.8 Å².